The van der Waals surface area contributed by atoms with Gasteiger partial charge in [0.05, 0.1) is 12.2 Å². The summed E-state index contributed by atoms with van der Waals surface area (Å²) < 4.78 is 16.2. The van der Waals surface area contributed by atoms with Crippen molar-refractivity contribution >= 4 is 12.1 Å². The Labute approximate surface area is 119 Å². The first-order valence-corrected chi connectivity index (χ1v) is 7.00. The van der Waals surface area contributed by atoms with Crippen LogP contribution in [0.15, 0.2) is 0 Å². The van der Waals surface area contributed by atoms with E-state index in [1.165, 1.54) is 4.90 Å². The van der Waals surface area contributed by atoms with Crippen LogP contribution >= 0.6 is 0 Å². The number of hydrogen-bond donors (Lipinski definition) is 0. The molecule has 3 saturated heterocycles. The van der Waals surface area contributed by atoms with Crippen molar-refractivity contribution in [3.8, 4) is 0 Å². The standard InChI is InChI=1S/C14H23NO5/c1-6-18-10(16)14-9-13(5,20-14)7-8-15(14)11(17)19-12(2,3)4/h6-9H2,1-5H3. The molecule has 0 aliphatic carbocycles. The van der Waals surface area contributed by atoms with Gasteiger partial charge in [-0.3, -0.25) is 4.90 Å². The van der Waals surface area contributed by atoms with E-state index >= 15 is 0 Å². The van der Waals surface area contributed by atoms with Crippen molar-refractivity contribution in [2.45, 2.75) is 64.4 Å². The summed E-state index contributed by atoms with van der Waals surface area (Å²) in [5.74, 6) is -0.511. The quantitative estimate of drug-likeness (QED) is 0.727. The van der Waals surface area contributed by atoms with Gasteiger partial charge in [0.1, 0.15) is 5.60 Å². The van der Waals surface area contributed by atoms with Crippen molar-refractivity contribution in [2.75, 3.05) is 13.2 Å². The summed E-state index contributed by atoms with van der Waals surface area (Å²) in [5.41, 5.74) is -2.26. The Balaban J connectivity index is 2.18. The first-order chi connectivity index (χ1) is 9.12. The summed E-state index contributed by atoms with van der Waals surface area (Å²) in [6.45, 7) is 9.73. The summed E-state index contributed by atoms with van der Waals surface area (Å²) in [6, 6.07) is 0. The van der Waals surface area contributed by atoms with Gasteiger partial charge in [0.25, 0.3) is 0 Å². The Morgan fingerprint density at radius 1 is 1.35 bits per heavy atom. The summed E-state index contributed by atoms with van der Waals surface area (Å²) in [6.07, 6.45) is 0.609. The zero-order chi connectivity index (χ0) is 15.2. The zero-order valence-corrected chi connectivity index (χ0v) is 12.8. The highest BCUT2D eigenvalue weighted by Crippen LogP contribution is 2.51. The fraction of sp³-hybridized carbons (Fsp3) is 0.857. The molecule has 0 aromatic carbocycles. The monoisotopic (exact) mass is 285 g/mol. The predicted octanol–water partition coefficient (Wildman–Crippen LogP) is 2.07. The maximum Gasteiger partial charge on any atom is 0.413 e. The Hall–Kier alpha value is -1.30. The second-order valence-electron chi connectivity index (χ2n) is 6.62. The van der Waals surface area contributed by atoms with Crippen LogP contribution in [0.4, 0.5) is 4.79 Å². The van der Waals surface area contributed by atoms with Crippen LogP contribution in [-0.2, 0) is 19.0 Å². The van der Waals surface area contributed by atoms with Gasteiger partial charge in [-0.2, -0.15) is 0 Å². The summed E-state index contributed by atoms with van der Waals surface area (Å²) >= 11 is 0. The smallest absolute Gasteiger partial charge is 0.413 e. The van der Waals surface area contributed by atoms with Crippen molar-refractivity contribution in [3.05, 3.63) is 0 Å². The molecule has 3 heterocycles. The minimum Gasteiger partial charge on any atom is -0.462 e. The summed E-state index contributed by atoms with van der Waals surface area (Å²) in [5, 5.41) is 0. The SMILES string of the molecule is CCOC(=O)C12CC(C)(CCN1C(=O)OC(C)(C)C)O2. The molecule has 3 aliphatic rings. The molecule has 3 fully saturated rings. The molecule has 0 aromatic rings. The molecule has 6 heteroatoms. The minimum absolute atomic E-state index is 0.253. The van der Waals surface area contributed by atoms with Crippen LogP contribution in [0, 0.1) is 0 Å². The average Bonchev–Trinajstić information content (AvgIpc) is 2.25. The highest BCUT2D eigenvalue weighted by atomic mass is 16.6. The number of hydrogen-bond acceptors (Lipinski definition) is 5. The first kappa shape index (κ1) is 15.1. The molecule has 1 amide bonds. The molecule has 2 unspecified atom stereocenters. The van der Waals surface area contributed by atoms with Gasteiger partial charge in [-0.25, -0.2) is 9.59 Å². The van der Waals surface area contributed by atoms with Crippen LogP contribution in [0.5, 0.6) is 0 Å². The topological polar surface area (TPSA) is 65.1 Å². The maximum atomic E-state index is 12.3. The highest BCUT2D eigenvalue weighted by Gasteiger charge is 2.67. The summed E-state index contributed by atoms with van der Waals surface area (Å²) in [7, 11) is 0. The summed E-state index contributed by atoms with van der Waals surface area (Å²) in [4.78, 5) is 25.8. The molecule has 0 aromatic heterocycles. The van der Waals surface area contributed by atoms with Crippen LogP contribution in [-0.4, -0.2) is 47.0 Å². The number of fused-ring (bicyclic) bond motifs is 2. The van der Waals surface area contributed by atoms with Gasteiger partial charge in [-0.05, 0) is 41.0 Å². The van der Waals surface area contributed by atoms with Gasteiger partial charge in [0.2, 0.25) is 5.72 Å². The fourth-order valence-electron chi connectivity index (χ4n) is 2.75. The van der Waals surface area contributed by atoms with Gasteiger partial charge in [0, 0.05) is 13.0 Å². The minimum atomic E-state index is -1.30. The molecular formula is C14H23NO5. The van der Waals surface area contributed by atoms with E-state index < -0.39 is 23.4 Å². The van der Waals surface area contributed by atoms with Crippen LogP contribution < -0.4 is 0 Å². The lowest BCUT2D eigenvalue weighted by Crippen LogP contribution is -2.76. The number of piperidine rings is 1. The maximum absolute atomic E-state index is 12.3. The number of carbonyl (C=O) groups is 2. The number of ether oxygens (including phenoxy) is 3. The third-order valence-electron chi connectivity index (χ3n) is 3.54. The first-order valence-electron chi connectivity index (χ1n) is 7.00. The van der Waals surface area contributed by atoms with Crippen molar-refractivity contribution in [2.24, 2.45) is 0 Å². The number of esters is 1. The van der Waals surface area contributed by atoms with Crippen LogP contribution in [0.1, 0.15) is 47.5 Å². The third-order valence-corrected chi connectivity index (χ3v) is 3.54. The molecule has 0 saturated carbocycles. The highest BCUT2D eigenvalue weighted by molar-refractivity contribution is 5.86. The molecule has 6 nitrogen and oxygen atoms in total. The largest absolute Gasteiger partial charge is 0.462 e. The fourth-order valence-corrected chi connectivity index (χ4v) is 2.75. The molecule has 3 aliphatic heterocycles. The van der Waals surface area contributed by atoms with Crippen molar-refractivity contribution < 1.29 is 23.8 Å². The van der Waals surface area contributed by atoms with E-state index in [9.17, 15) is 9.59 Å². The lowest BCUT2D eigenvalue weighted by atomic mass is 9.78. The van der Waals surface area contributed by atoms with Gasteiger partial charge in [-0.15, -0.1) is 0 Å². The van der Waals surface area contributed by atoms with Crippen LogP contribution in [0.2, 0.25) is 0 Å². The van der Waals surface area contributed by atoms with Gasteiger partial charge in [0.15, 0.2) is 0 Å². The van der Waals surface area contributed by atoms with E-state index in [0.717, 1.165) is 0 Å². The van der Waals surface area contributed by atoms with Crippen LogP contribution in [0.25, 0.3) is 0 Å². The van der Waals surface area contributed by atoms with E-state index in [1.54, 1.807) is 27.7 Å². The normalized spacial score (nSPS) is 32.4. The van der Waals surface area contributed by atoms with Gasteiger partial charge in [-0.1, -0.05) is 0 Å². The number of nitrogens with zero attached hydrogens (tertiary/aromatic N) is 1. The Bertz CT molecular complexity index is 420. The van der Waals surface area contributed by atoms with Crippen LogP contribution in [0.3, 0.4) is 0 Å². The zero-order valence-electron chi connectivity index (χ0n) is 12.8. The predicted molar refractivity (Wildman–Crippen MR) is 71.0 cm³/mol. The average molecular weight is 285 g/mol. The van der Waals surface area contributed by atoms with E-state index in [2.05, 4.69) is 0 Å². The van der Waals surface area contributed by atoms with Crippen molar-refractivity contribution in [3.63, 3.8) is 0 Å². The number of carbonyl (C=O) groups excluding carboxylic acids is 2. The van der Waals surface area contributed by atoms with Gasteiger partial charge < -0.3 is 14.2 Å². The number of amides is 1. The molecular weight excluding hydrogens is 262 g/mol. The molecule has 3 rings (SSSR count). The molecule has 0 N–H and O–H groups in total. The van der Waals surface area contributed by atoms with E-state index in [0.29, 0.717) is 19.4 Å². The Morgan fingerprint density at radius 3 is 2.45 bits per heavy atom. The molecule has 0 radical (unpaired) electrons. The van der Waals surface area contributed by atoms with Crippen molar-refractivity contribution in [1.29, 1.82) is 0 Å². The molecule has 114 valence electrons. The second kappa shape index (κ2) is 4.62. The lowest BCUT2D eigenvalue weighted by molar-refractivity contribution is -0.339. The van der Waals surface area contributed by atoms with Gasteiger partial charge >= 0.3 is 12.1 Å². The Morgan fingerprint density at radius 2 is 1.95 bits per heavy atom. The molecule has 2 bridgehead atoms. The molecule has 20 heavy (non-hydrogen) atoms. The molecule has 0 spiro atoms. The van der Waals surface area contributed by atoms with E-state index in [1.807, 2.05) is 6.92 Å². The Kier molecular flexibility index (Phi) is 3.48. The van der Waals surface area contributed by atoms with E-state index in [-0.39, 0.29) is 12.2 Å². The third kappa shape index (κ3) is 2.49. The number of rotatable bonds is 2. The lowest BCUT2D eigenvalue weighted by Gasteiger charge is -2.61. The molecule has 2 atom stereocenters. The second-order valence-corrected chi connectivity index (χ2v) is 6.62. The van der Waals surface area contributed by atoms with E-state index in [4.69, 9.17) is 14.2 Å². The van der Waals surface area contributed by atoms with Crippen molar-refractivity contribution in [1.82, 2.24) is 4.90 Å².